The summed E-state index contributed by atoms with van der Waals surface area (Å²) in [5, 5.41) is 8.23. The van der Waals surface area contributed by atoms with Crippen LogP contribution in [0.25, 0.3) is 0 Å². The molecule has 2 aromatic heterocycles. The highest BCUT2D eigenvalue weighted by Gasteiger charge is 2.21. The number of hydrogen-bond acceptors (Lipinski definition) is 7. The van der Waals surface area contributed by atoms with Gasteiger partial charge in [-0.05, 0) is 59.1 Å². The molecule has 11 heteroatoms. The molecule has 0 unspecified atom stereocenters. The van der Waals surface area contributed by atoms with Gasteiger partial charge in [-0.3, -0.25) is 14.9 Å². The van der Waals surface area contributed by atoms with Crippen molar-refractivity contribution in [3.05, 3.63) is 42.0 Å². The van der Waals surface area contributed by atoms with E-state index in [4.69, 9.17) is 4.74 Å². The van der Waals surface area contributed by atoms with Gasteiger partial charge in [0.25, 0.3) is 11.8 Å². The lowest BCUT2D eigenvalue weighted by Gasteiger charge is -2.22. The molecular formula is C22H31N5O4S2. The fraction of sp³-hybridized carbons (Fsp3) is 0.455. The molecule has 0 bridgehead atoms. The molecule has 0 radical (unpaired) electrons. The first-order valence-electron chi connectivity index (χ1n) is 10.2. The van der Waals surface area contributed by atoms with Gasteiger partial charge in [0, 0.05) is 24.5 Å². The van der Waals surface area contributed by atoms with Crippen LogP contribution in [0.3, 0.4) is 0 Å². The molecule has 3 amide bonds. The average molecular weight is 494 g/mol. The monoisotopic (exact) mass is 493 g/mol. The predicted molar refractivity (Wildman–Crippen MR) is 135 cm³/mol. The quantitative estimate of drug-likeness (QED) is 0.463. The predicted octanol–water partition coefficient (Wildman–Crippen LogP) is 4.54. The highest BCUT2D eigenvalue weighted by molar-refractivity contribution is 8.76. The largest absolute Gasteiger partial charge is 0.444 e. The second kappa shape index (κ2) is 11.0. The molecule has 2 rings (SSSR count). The normalized spacial score (nSPS) is 11.6. The third-order valence-corrected chi connectivity index (χ3v) is 6.74. The van der Waals surface area contributed by atoms with E-state index < -0.39 is 17.6 Å². The van der Waals surface area contributed by atoms with Gasteiger partial charge in [-0.15, -0.1) is 0 Å². The van der Waals surface area contributed by atoms with Crippen LogP contribution in [0.4, 0.5) is 16.2 Å². The Hall–Kier alpha value is -2.66. The minimum Gasteiger partial charge on any atom is -0.444 e. The lowest BCUT2D eigenvalue weighted by molar-refractivity contribution is 0.0635. The zero-order chi connectivity index (χ0) is 24.8. The van der Waals surface area contributed by atoms with Crippen LogP contribution in [0.5, 0.6) is 0 Å². The maximum Gasteiger partial charge on any atom is 0.412 e. The first-order chi connectivity index (χ1) is 15.3. The third-order valence-electron chi connectivity index (χ3n) is 4.12. The first-order valence-corrected chi connectivity index (χ1v) is 12.8. The number of pyridine rings is 1. The summed E-state index contributed by atoms with van der Waals surface area (Å²) in [7, 11) is 5.08. The Morgan fingerprint density at radius 2 is 1.76 bits per heavy atom. The Morgan fingerprint density at radius 1 is 1.06 bits per heavy atom. The van der Waals surface area contributed by atoms with Gasteiger partial charge in [0.05, 0.1) is 17.6 Å². The Labute approximate surface area is 202 Å². The smallest absolute Gasteiger partial charge is 0.412 e. The van der Waals surface area contributed by atoms with Crippen molar-refractivity contribution in [2.45, 2.75) is 45.0 Å². The van der Waals surface area contributed by atoms with Crippen molar-refractivity contribution in [3.8, 4) is 0 Å². The van der Waals surface area contributed by atoms with Crippen molar-refractivity contribution in [1.29, 1.82) is 0 Å². The van der Waals surface area contributed by atoms with Gasteiger partial charge in [0.2, 0.25) is 0 Å². The zero-order valence-electron chi connectivity index (χ0n) is 19.9. The van der Waals surface area contributed by atoms with Crippen molar-refractivity contribution in [2.24, 2.45) is 7.05 Å². The number of carbonyl (C=O) groups is 3. The highest BCUT2D eigenvalue weighted by atomic mass is 33.1. The molecule has 2 aromatic rings. The maximum atomic E-state index is 12.6. The number of aryl methyl sites for hydroxylation is 1. The van der Waals surface area contributed by atoms with E-state index in [9.17, 15) is 14.4 Å². The molecule has 0 atom stereocenters. The Bertz CT molecular complexity index is 997. The van der Waals surface area contributed by atoms with E-state index in [0.717, 1.165) is 0 Å². The molecule has 0 spiro atoms. The second-order valence-corrected chi connectivity index (χ2v) is 12.0. The molecule has 0 aromatic carbocycles. The van der Waals surface area contributed by atoms with E-state index in [2.05, 4.69) is 34.8 Å². The fourth-order valence-corrected chi connectivity index (χ4v) is 4.83. The number of anilines is 2. The summed E-state index contributed by atoms with van der Waals surface area (Å²) in [4.78, 5) is 41.1. The van der Waals surface area contributed by atoms with Crippen LogP contribution in [0.15, 0.2) is 30.6 Å². The maximum absolute atomic E-state index is 12.6. The van der Waals surface area contributed by atoms with Crippen LogP contribution in [0, 0.1) is 0 Å². The van der Waals surface area contributed by atoms with Crippen LogP contribution in [-0.4, -0.2) is 50.6 Å². The standard InChI is InChI=1S/C22H31N5O4S2/c1-21(2,3)31-20(30)26-14-8-9-16(23-11-14)18(28)25-15-10-17(27(6)12-15)19(29)24-13-22(4,5)33-32-7/h8-12H,13H2,1-7H3,(H,24,29)(H,25,28)(H,26,30). The number of aromatic nitrogens is 2. The van der Waals surface area contributed by atoms with Crippen molar-refractivity contribution in [1.82, 2.24) is 14.9 Å². The Balaban J connectivity index is 1.98. The molecule has 3 N–H and O–H groups in total. The van der Waals surface area contributed by atoms with E-state index in [-0.39, 0.29) is 16.3 Å². The second-order valence-electron chi connectivity index (χ2n) is 8.93. The van der Waals surface area contributed by atoms with Gasteiger partial charge in [-0.2, -0.15) is 0 Å². The molecule has 0 fully saturated rings. The highest BCUT2D eigenvalue weighted by Crippen LogP contribution is 2.32. The average Bonchev–Trinajstić information content (AvgIpc) is 3.05. The van der Waals surface area contributed by atoms with Crippen LogP contribution < -0.4 is 16.0 Å². The number of nitrogens with one attached hydrogen (secondary N) is 3. The molecule has 0 aliphatic carbocycles. The summed E-state index contributed by atoms with van der Waals surface area (Å²) >= 11 is 0. The number of nitrogens with zero attached hydrogens (tertiary/aromatic N) is 2. The van der Waals surface area contributed by atoms with Gasteiger partial charge in [0.1, 0.15) is 17.0 Å². The fourth-order valence-electron chi connectivity index (χ4n) is 2.72. The van der Waals surface area contributed by atoms with Crippen molar-refractivity contribution >= 4 is 50.9 Å². The first kappa shape index (κ1) is 26.6. The Morgan fingerprint density at radius 3 is 2.33 bits per heavy atom. The third kappa shape index (κ3) is 8.65. The minimum atomic E-state index is -0.619. The molecule has 0 saturated heterocycles. The van der Waals surface area contributed by atoms with E-state index in [0.29, 0.717) is 23.6 Å². The SMILES string of the molecule is CSSC(C)(C)CNC(=O)c1cc(NC(=O)c2ccc(NC(=O)OC(C)(C)C)cn2)cn1C. The van der Waals surface area contributed by atoms with Crippen molar-refractivity contribution in [2.75, 3.05) is 23.4 Å². The number of rotatable bonds is 8. The van der Waals surface area contributed by atoms with Gasteiger partial charge < -0.3 is 19.9 Å². The molecule has 0 saturated carbocycles. The number of amides is 3. The Kier molecular flexibility index (Phi) is 8.84. The van der Waals surface area contributed by atoms with Crippen molar-refractivity contribution < 1.29 is 19.1 Å². The summed E-state index contributed by atoms with van der Waals surface area (Å²) in [6, 6.07) is 4.66. The van der Waals surface area contributed by atoms with Gasteiger partial charge >= 0.3 is 6.09 Å². The molecular weight excluding hydrogens is 462 g/mol. The zero-order valence-corrected chi connectivity index (χ0v) is 21.6. The minimum absolute atomic E-state index is 0.104. The molecule has 0 aliphatic rings. The summed E-state index contributed by atoms with van der Waals surface area (Å²) < 4.78 is 6.73. The van der Waals surface area contributed by atoms with Crippen molar-refractivity contribution in [3.63, 3.8) is 0 Å². The molecule has 180 valence electrons. The lowest BCUT2D eigenvalue weighted by atomic mass is 10.2. The molecule has 33 heavy (non-hydrogen) atoms. The van der Waals surface area contributed by atoms with E-state index in [1.807, 2.05) is 6.26 Å². The van der Waals surface area contributed by atoms with Gasteiger partial charge in [-0.25, -0.2) is 9.78 Å². The summed E-state index contributed by atoms with van der Waals surface area (Å²) in [5.41, 5.74) is 0.854. The van der Waals surface area contributed by atoms with Crippen LogP contribution in [0.2, 0.25) is 0 Å². The summed E-state index contributed by atoms with van der Waals surface area (Å²) in [5.74, 6) is -0.655. The van der Waals surface area contributed by atoms with Gasteiger partial charge in [0.15, 0.2) is 0 Å². The van der Waals surface area contributed by atoms with E-state index in [1.165, 1.54) is 12.3 Å². The summed E-state index contributed by atoms with van der Waals surface area (Å²) in [6.45, 7) is 9.93. The van der Waals surface area contributed by atoms with Gasteiger partial charge in [-0.1, -0.05) is 21.6 Å². The number of carbonyl (C=O) groups excluding carboxylic acids is 3. The number of ether oxygens (including phenoxy) is 1. The van der Waals surface area contributed by atoms with E-state index >= 15 is 0 Å². The molecule has 2 heterocycles. The van der Waals surface area contributed by atoms with Crippen LogP contribution >= 0.6 is 21.6 Å². The summed E-state index contributed by atoms with van der Waals surface area (Å²) in [6.07, 6.45) is 4.43. The lowest BCUT2D eigenvalue weighted by Crippen LogP contribution is -2.36. The van der Waals surface area contributed by atoms with Crippen LogP contribution in [0.1, 0.15) is 55.6 Å². The molecule has 0 aliphatic heterocycles. The van der Waals surface area contributed by atoms with E-state index in [1.54, 1.807) is 72.3 Å². The van der Waals surface area contributed by atoms with Crippen LogP contribution in [-0.2, 0) is 11.8 Å². The topological polar surface area (TPSA) is 114 Å². The molecule has 9 nitrogen and oxygen atoms in total. The number of hydrogen-bond donors (Lipinski definition) is 3.